The molecule has 0 atom stereocenters. The molecular weight excluding hydrogens is 370 g/mol. The molecule has 2 amide bonds. The molecule has 1 aliphatic heterocycles. The molecule has 27 heavy (non-hydrogen) atoms. The predicted molar refractivity (Wildman–Crippen MR) is 94.1 cm³/mol. The van der Waals surface area contributed by atoms with Gasteiger partial charge in [-0.05, 0) is 18.2 Å². The van der Waals surface area contributed by atoms with Crippen molar-refractivity contribution in [2.75, 3.05) is 6.54 Å². The van der Waals surface area contributed by atoms with Crippen molar-refractivity contribution >= 4 is 27.5 Å². The van der Waals surface area contributed by atoms with Crippen molar-refractivity contribution in [1.82, 2.24) is 24.2 Å². The standard InChI is InChI=1S/C17H15N5O4S/c23-15(19-10-12-11-20-21-8-3-7-18-16(12)21)6-9-22-17(24)13-4-1-2-5-14(13)27(22,25)26/h1-5,7-8,11H,6,9-10H2,(H,19,23). The molecule has 0 saturated heterocycles. The molecule has 0 bridgehead atoms. The molecular formula is C17H15N5O4S. The molecule has 0 saturated carbocycles. The van der Waals surface area contributed by atoms with Crippen LogP contribution in [0.25, 0.3) is 5.65 Å². The molecule has 2 aromatic heterocycles. The van der Waals surface area contributed by atoms with E-state index in [1.54, 1.807) is 41.3 Å². The molecule has 9 nitrogen and oxygen atoms in total. The van der Waals surface area contributed by atoms with Gasteiger partial charge in [-0.3, -0.25) is 9.59 Å². The molecule has 4 rings (SSSR count). The number of hydrogen-bond donors (Lipinski definition) is 1. The maximum absolute atomic E-state index is 12.5. The number of hydrogen-bond acceptors (Lipinski definition) is 6. The SMILES string of the molecule is O=C(CCN1C(=O)c2ccccc2S1(=O)=O)NCc1cnn2cccnc12. The van der Waals surface area contributed by atoms with Gasteiger partial charge >= 0.3 is 0 Å². The third-order valence-electron chi connectivity index (χ3n) is 4.28. The van der Waals surface area contributed by atoms with Crippen LogP contribution in [0.15, 0.2) is 53.8 Å². The first-order valence-corrected chi connectivity index (χ1v) is 9.62. The second-order valence-electron chi connectivity index (χ2n) is 5.96. The topological polar surface area (TPSA) is 114 Å². The molecule has 0 radical (unpaired) electrons. The lowest BCUT2D eigenvalue weighted by atomic mass is 10.2. The highest BCUT2D eigenvalue weighted by molar-refractivity contribution is 7.90. The maximum atomic E-state index is 12.5. The molecule has 138 valence electrons. The van der Waals surface area contributed by atoms with Crippen molar-refractivity contribution in [2.24, 2.45) is 0 Å². The molecule has 0 aliphatic carbocycles. The lowest BCUT2D eigenvalue weighted by molar-refractivity contribution is -0.121. The van der Waals surface area contributed by atoms with Crippen LogP contribution in [-0.2, 0) is 21.4 Å². The second-order valence-corrected chi connectivity index (χ2v) is 7.79. The number of nitrogens with zero attached hydrogens (tertiary/aromatic N) is 4. The minimum Gasteiger partial charge on any atom is -0.352 e. The highest BCUT2D eigenvalue weighted by Gasteiger charge is 2.40. The van der Waals surface area contributed by atoms with E-state index < -0.39 is 15.9 Å². The Labute approximate surface area is 154 Å². The van der Waals surface area contributed by atoms with Crippen LogP contribution in [0.1, 0.15) is 22.3 Å². The Morgan fingerprint density at radius 1 is 1.19 bits per heavy atom. The first-order valence-electron chi connectivity index (χ1n) is 8.18. The molecule has 3 aromatic rings. The average molecular weight is 385 g/mol. The lowest BCUT2D eigenvalue weighted by Gasteiger charge is -2.14. The van der Waals surface area contributed by atoms with Gasteiger partial charge in [-0.15, -0.1) is 0 Å². The Balaban J connectivity index is 1.39. The van der Waals surface area contributed by atoms with Gasteiger partial charge < -0.3 is 5.32 Å². The molecule has 1 N–H and O–H groups in total. The molecule has 1 aromatic carbocycles. The Hall–Kier alpha value is -3.27. The van der Waals surface area contributed by atoms with Gasteiger partial charge in [-0.2, -0.15) is 5.10 Å². The Morgan fingerprint density at radius 2 is 2.00 bits per heavy atom. The van der Waals surface area contributed by atoms with Gasteiger partial charge in [0.15, 0.2) is 5.65 Å². The summed E-state index contributed by atoms with van der Waals surface area (Å²) in [5.41, 5.74) is 1.50. The third-order valence-corrected chi connectivity index (χ3v) is 6.12. The first-order chi connectivity index (χ1) is 13.0. The third kappa shape index (κ3) is 2.93. The van der Waals surface area contributed by atoms with Crippen molar-refractivity contribution < 1.29 is 18.0 Å². The Bertz CT molecular complexity index is 1150. The molecule has 0 spiro atoms. The van der Waals surface area contributed by atoms with E-state index in [2.05, 4.69) is 15.4 Å². The normalized spacial score (nSPS) is 15.1. The van der Waals surface area contributed by atoms with Gasteiger partial charge in [0, 0.05) is 37.5 Å². The number of sulfonamides is 1. The van der Waals surface area contributed by atoms with Crippen LogP contribution in [0, 0.1) is 0 Å². The lowest BCUT2D eigenvalue weighted by Crippen LogP contribution is -2.34. The number of fused-ring (bicyclic) bond motifs is 2. The zero-order chi connectivity index (χ0) is 19.0. The van der Waals surface area contributed by atoms with Crippen molar-refractivity contribution in [2.45, 2.75) is 17.9 Å². The fourth-order valence-electron chi connectivity index (χ4n) is 2.94. The zero-order valence-electron chi connectivity index (χ0n) is 14.1. The van der Waals surface area contributed by atoms with Crippen LogP contribution in [0.5, 0.6) is 0 Å². The summed E-state index contributed by atoms with van der Waals surface area (Å²) < 4.78 is 27.2. The fourth-order valence-corrected chi connectivity index (χ4v) is 4.51. The molecule has 0 unspecified atom stereocenters. The van der Waals surface area contributed by atoms with Crippen LogP contribution in [0.4, 0.5) is 0 Å². The number of aromatic nitrogens is 3. The minimum atomic E-state index is -3.90. The van der Waals surface area contributed by atoms with Crippen molar-refractivity contribution in [3.63, 3.8) is 0 Å². The summed E-state index contributed by atoms with van der Waals surface area (Å²) in [6, 6.07) is 7.76. The van der Waals surface area contributed by atoms with Gasteiger partial charge in [0.2, 0.25) is 5.91 Å². The van der Waals surface area contributed by atoms with E-state index in [-0.39, 0.29) is 35.9 Å². The summed E-state index contributed by atoms with van der Waals surface area (Å²) in [7, 11) is -3.90. The summed E-state index contributed by atoms with van der Waals surface area (Å²) in [5.74, 6) is -0.977. The summed E-state index contributed by atoms with van der Waals surface area (Å²) >= 11 is 0. The smallest absolute Gasteiger partial charge is 0.269 e. The predicted octanol–water partition coefficient (Wildman–Crippen LogP) is 0.580. The summed E-state index contributed by atoms with van der Waals surface area (Å²) in [5, 5.41) is 6.83. The van der Waals surface area contributed by atoms with Crippen molar-refractivity contribution in [1.29, 1.82) is 0 Å². The van der Waals surface area contributed by atoms with Gasteiger partial charge in [0.25, 0.3) is 15.9 Å². The molecule has 3 heterocycles. The van der Waals surface area contributed by atoms with Crippen LogP contribution in [-0.4, -0.2) is 45.7 Å². The molecule has 10 heteroatoms. The molecule has 0 fully saturated rings. The number of carbonyl (C=O) groups is 2. The van der Waals surface area contributed by atoms with Crippen molar-refractivity contribution in [3.05, 3.63) is 60.0 Å². The average Bonchev–Trinajstić information content (AvgIpc) is 3.16. The number of rotatable bonds is 5. The van der Waals surface area contributed by atoms with E-state index in [4.69, 9.17) is 0 Å². The van der Waals surface area contributed by atoms with E-state index >= 15 is 0 Å². The Kier molecular flexibility index (Phi) is 4.11. The monoisotopic (exact) mass is 385 g/mol. The highest BCUT2D eigenvalue weighted by Crippen LogP contribution is 2.29. The van der Waals surface area contributed by atoms with E-state index in [0.29, 0.717) is 5.65 Å². The summed E-state index contributed by atoms with van der Waals surface area (Å²) in [6.45, 7) is -0.00500. The Morgan fingerprint density at radius 3 is 2.81 bits per heavy atom. The zero-order valence-corrected chi connectivity index (χ0v) is 14.9. The largest absolute Gasteiger partial charge is 0.352 e. The van der Waals surface area contributed by atoms with E-state index in [9.17, 15) is 18.0 Å². The summed E-state index contributed by atoms with van der Waals surface area (Å²) in [4.78, 5) is 28.6. The highest BCUT2D eigenvalue weighted by atomic mass is 32.2. The van der Waals surface area contributed by atoms with Gasteiger partial charge in [-0.25, -0.2) is 22.2 Å². The number of amides is 2. The second kappa shape index (κ2) is 6.47. The number of carbonyl (C=O) groups excluding carboxylic acids is 2. The first kappa shape index (κ1) is 17.2. The van der Waals surface area contributed by atoms with E-state index in [1.807, 2.05) is 0 Å². The fraction of sp³-hybridized carbons (Fsp3) is 0.176. The van der Waals surface area contributed by atoms with Crippen LogP contribution < -0.4 is 5.32 Å². The van der Waals surface area contributed by atoms with Crippen molar-refractivity contribution in [3.8, 4) is 0 Å². The number of nitrogens with one attached hydrogen (secondary N) is 1. The van der Waals surface area contributed by atoms with Crippen LogP contribution in [0.3, 0.4) is 0 Å². The quantitative estimate of drug-likeness (QED) is 0.687. The van der Waals surface area contributed by atoms with Crippen LogP contribution >= 0.6 is 0 Å². The van der Waals surface area contributed by atoms with Crippen LogP contribution in [0.2, 0.25) is 0 Å². The minimum absolute atomic E-state index is 0.0205. The number of benzene rings is 1. The van der Waals surface area contributed by atoms with E-state index in [0.717, 1.165) is 9.87 Å². The molecule has 1 aliphatic rings. The summed E-state index contributed by atoms with van der Waals surface area (Å²) in [6.07, 6.45) is 4.85. The van der Waals surface area contributed by atoms with Gasteiger partial charge in [-0.1, -0.05) is 12.1 Å². The maximum Gasteiger partial charge on any atom is 0.269 e. The van der Waals surface area contributed by atoms with E-state index in [1.165, 1.54) is 12.1 Å². The van der Waals surface area contributed by atoms with Gasteiger partial charge in [0.1, 0.15) is 4.90 Å². The van der Waals surface area contributed by atoms with Gasteiger partial charge in [0.05, 0.1) is 11.8 Å².